The lowest BCUT2D eigenvalue weighted by molar-refractivity contribution is -0.155. The molecule has 0 N–H and O–H groups in total. The number of carbonyl (C=O) groups excluding carboxylic acids is 2. The smallest absolute Gasteiger partial charge is 0.322 e. The summed E-state index contributed by atoms with van der Waals surface area (Å²) >= 11 is 3.25. The quantitative estimate of drug-likeness (QED) is 0.540. The van der Waals surface area contributed by atoms with Gasteiger partial charge in [-0.15, -0.1) is 0 Å². The van der Waals surface area contributed by atoms with E-state index in [4.69, 9.17) is 0 Å². The minimum Gasteiger partial charge on any atom is -0.469 e. The van der Waals surface area contributed by atoms with E-state index >= 15 is 0 Å². The zero-order valence-corrected chi connectivity index (χ0v) is 9.09. The van der Waals surface area contributed by atoms with Crippen LogP contribution < -0.4 is 0 Å². The molecule has 0 atom stereocenters. The van der Waals surface area contributed by atoms with Gasteiger partial charge in [0.1, 0.15) is 4.32 Å². The molecular formula is C8H11BrO4. The van der Waals surface area contributed by atoms with Gasteiger partial charge >= 0.3 is 11.9 Å². The Morgan fingerprint density at radius 2 is 1.85 bits per heavy atom. The number of esters is 2. The van der Waals surface area contributed by atoms with Crippen LogP contribution in [0.15, 0.2) is 0 Å². The largest absolute Gasteiger partial charge is 0.469 e. The Labute approximate surface area is 84.7 Å². The minimum absolute atomic E-state index is 0.177. The molecule has 0 saturated heterocycles. The average Bonchev–Trinajstić information content (AvgIpc) is 2.10. The van der Waals surface area contributed by atoms with E-state index in [1.54, 1.807) is 0 Å². The molecule has 1 saturated carbocycles. The van der Waals surface area contributed by atoms with Gasteiger partial charge in [0.15, 0.2) is 0 Å². The molecular weight excluding hydrogens is 240 g/mol. The Hall–Kier alpha value is -0.580. The maximum atomic E-state index is 11.2. The van der Waals surface area contributed by atoms with Crippen LogP contribution in [-0.4, -0.2) is 30.5 Å². The molecule has 0 unspecified atom stereocenters. The van der Waals surface area contributed by atoms with Crippen LogP contribution in [0.3, 0.4) is 0 Å². The van der Waals surface area contributed by atoms with Crippen LogP contribution in [0.1, 0.15) is 12.8 Å². The number of rotatable bonds is 2. The molecule has 5 heteroatoms. The highest BCUT2D eigenvalue weighted by Gasteiger charge is 2.52. The van der Waals surface area contributed by atoms with E-state index in [1.807, 2.05) is 0 Å². The predicted molar refractivity (Wildman–Crippen MR) is 48.4 cm³/mol. The van der Waals surface area contributed by atoms with Crippen LogP contribution >= 0.6 is 15.9 Å². The summed E-state index contributed by atoms with van der Waals surface area (Å²) in [6, 6.07) is 0. The molecule has 1 aliphatic carbocycles. The fraction of sp³-hybridized carbons (Fsp3) is 0.750. The molecule has 4 nitrogen and oxygen atoms in total. The standard InChI is InChI=1S/C8H11BrO4/c1-12-6(10)5-3-8(9,4-5)7(11)13-2/h5H,3-4H2,1-2H3. The maximum absolute atomic E-state index is 11.2. The van der Waals surface area contributed by atoms with Crippen molar-refractivity contribution in [2.45, 2.75) is 17.2 Å². The van der Waals surface area contributed by atoms with Crippen molar-refractivity contribution in [1.82, 2.24) is 0 Å². The van der Waals surface area contributed by atoms with Crippen molar-refractivity contribution in [2.24, 2.45) is 5.92 Å². The summed E-state index contributed by atoms with van der Waals surface area (Å²) in [6.07, 6.45) is 0.901. The molecule has 74 valence electrons. The Morgan fingerprint density at radius 3 is 2.23 bits per heavy atom. The molecule has 0 bridgehead atoms. The Morgan fingerprint density at radius 1 is 1.31 bits per heavy atom. The molecule has 0 aromatic heterocycles. The second kappa shape index (κ2) is 3.65. The predicted octanol–water partition coefficient (Wildman–Crippen LogP) is 0.876. The summed E-state index contributed by atoms with van der Waals surface area (Å²) in [5, 5.41) is 0. The minimum atomic E-state index is -0.666. The van der Waals surface area contributed by atoms with E-state index in [0.717, 1.165) is 0 Å². The normalized spacial score (nSPS) is 31.8. The summed E-state index contributed by atoms with van der Waals surface area (Å²) < 4.78 is 8.46. The topological polar surface area (TPSA) is 52.6 Å². The van der Waals surface area contributed by atoms with E-state index in [0.29, 0.717) is 12.8 Å². The molecule has 0 amide bonds. The third-order valence-corrected chi connectivity index (χ3v) is 3.20. The van der Waals surface area contributed by atoms with Gasteiger partial charge in [0.25, 0.3) is 0 Å². The van der Waals surface area contributed by atoms with Crippen LogP contribution in [0.2, 0.25) is 0 Å². The summed E-state index contributed by atoms with van der Waals surface area (Å²) in [6.45, 7) is 0. The fourth-order valence-corrected chi connectivity index (χ4v) is 2.35. The third kappa shape index (κ3) is 1.85. The molecule has 0 aliphatic heterocycles. The molecule has 0 aromatic rings. The van der Waals surface area contributed by atoms with Crippen molar-refractivity contribution in [3.05, 3.63) is 0 Å². The molecule has 1 aliphatic rings. The lowest BCUT2D eigenvalue weighted by Gasteiger charge is -2.38. The second-order valence-corrected chi connectivity index (χ2v) is 4.60. The van der Waals surface area contributed by atoms with Gasteiger partial charge in [-0.3, -0.25) is 9.59 Å². The van der Waals surface area contributed by atoms with E-state index in [9.17, 15) is 9.59 Å². The van der Waals surface area contributed by atoms with Gasteiger partial charge in [-0.2, -0.15) is 0 Å². The molecule has 1 rings (SSSR count). The van der Waals surface area contributed by atoms with E-state index < -0.39 is 4.32 Å². The summed E-state index contributed by atoms with van der Waals surface area (Å²) in [5.74, 6) is -0.768. The van der Waals surface area contributed by atoms with Gasteiger partial charge in [0.2, 0.25) is 0 Å². The number of hydrogen-bond donors (Lipinski definition) is 0. The molecule has 13 heavy (non-hydrogen) atoms. The number of alkyl halides is 1. The Bertz CT molecular complexity index is 232. The second-order valence-electron chi connectivity index (χ2n) is 3.09. The molecule has 0 spiro atoms. The lowest BCUT2D eigenvalue weighted by atomic mass is 9.74. The van der Waals surface area contributed by atoms with Crippen LogP contribution in [0.4, 0.5) is 0 Å². The number of hydrogen-bond acceptors (Lipinski definition) is 4. The third-order valence-electron chi connectivity index (χ3n) is 2.23. The van der Waals surface area contributed by atoms with Gasteiger partial charge in [-0.1, -0.05) is 15.9 Å². The molecule has 0 heterocycles. The number of carbonyl (C=O) groups is 2. The van der Waals surface area contributed by atoms with E-state index in [-0.39, 0.29) is 17.9 Å². The lowest BCUT2D eigenvalue weighted by Crippen LogP contribution is -2.48. The van der Waals surface area contributed by atoms with Crippen LogP contribution in [-0.2, 0) is 19.1 Å². The van der Waals surface area contributed by atoms with Crippen LogP contribution in [0, 0.1) is 5.92 Å². The van der Waals surface area contributed by atoms with Gasteiger partial charge < -0.3 is 9.47 Å². The van der Waals surface area contributed by atoms with Crippen molar-refractivity contribution in [2.75, 3.05) is 14.2 Å². The number of ether oxygens (including phenoxy) is 2. The zero-order chi connectivity index (χ0) is 10.1. The van der Waals surface area contributed by atoms with Crippen LogP contribution in [0.5, 0.6) is 0 Å². The maximum Gasteiger partial charge on any atom is 0.322 e. The van der Waals surface area contributed by atoms with E-state index in [1.165, 1.54) is 14.2 Å². The van der Waals surface area contributed by atoms with Gasteiger partial charge in [-0.05, 0) is 12.8 Å². The first-order valence-corrected chi connectivity index (χ1v) is 4.68. The fourth-order valence-electron chi connectivity index (χ4n) is 1.40. The monoisotopic (exact) mass is 250 g/mol. The van der Waals surface area contributed by atoms with Crippen molar-refractivity contribution >= 4 is 27.9 Å². The van der Waals surface area contributed by atoms with Gasteiger partial charge in [0.05, 0.1) is 20.1 Å². The average molecular weight is 251 g/mol. The first-order valence-electron chi connectivity index (χ1n) is 3.88. The zero-order valence-electron chi connectivity index (χ0n) is 7.50. The van der Waals surface area contributed by atoms with Crippen molar-refractivity contribution < 1.29 is 19.1 Å². The highest BCUT2D eigenvalue weighted by molar-refractivity contribution is 9.10. The van der Waals surface area contributed by atoms with Gasteiger partial charge in [-0.25, -0.2) is 0 Å². The highest BCUT2D eigenvalue weighted by Crippen LogP contribution is 2.46. The highest BCUT2D eigenvalue weighted by atomic mass is 79.9. The first kappa shape index (κ1) is 10.5. The van der Waals surface area contributed by atoms with Crippen LogP contribution in [0.25, 0.3) is 0 Å². The first-order chi connectivity index (χ1) is 6.03. The van der Waals surface area contributed by atoms with Crippen molar-refractivity contribution in [3.8, 4) is 0 Å². The summed E-state index contributed by atoms with van der Waals surface area (Å²) in [5.41, 5.74) is 0. The van der Waals surface area contributed by atoms with Crippen molar-refractivity contribution in [3.63, 3.8) is 0 Å². The molecule has 0 radical (unpaired) electrons. The Balaban J connectivity index is 2.47. The Kier molecular flexibility index (Phi) is 2.95. The summed E-state index contributed by atoms with van der Waals surface area (Å²) in [4.78, 5) is 22.1. The SMILES string of the molecule is COC(=O)C1CC(Br)(C(=O)OC)C1. The number of halogens is 1. The molecule has 0 aromatic carbocycles. The molecule has 1 fully saturated rings. The van der Waals surface area contributed by atoms with Crippen molar-refractivity contribution in [1.29, 1.82) is 0 Å². The van der Waals surface area contributed by atoms with Gasteiger partial charge in [0, 0.05) is 0 Å². The number of methoxy groups -OCH3 is 2. The van der Waals surface area contributed by atoms with E-state index in [2.05, 4.69) is 25.4 Å². The summed E-state index contributed by atoms with van der Waals surface area (Å²) in [7, 11) is 2.67.